The van der Waals surface area contributed by atoms with Crippen molar-refractivity contribution in [3.05, 3.63) is 64.1 Å². The minimum atomic E-state index is -0.0811. The van der Waals surface area contributed by atoms with Crippen LogP contribution in [0.1, 0.15) is 31.4 Å². The van der Waals surface area contributed by atoms with Gasteiger partial charge in [-0.1, -0.05) is 46.3 Å². The lowest BCUT2D eigenvalue weighted by Crippen LogP contribution is -2.31. The smallest absolute Gasteiger partial charge is 0.101 e. The van der Waals surface area contributed by atoms with E-state index in [1.807, 2.05) is 24.3 Å². The molecule has 0 bridgehead atoms. The number of nitrogens with one attached hydrogen (secondary N) is 1. The van der Waals surface area contributed by atoms with Crippen LogP contribution in [0.4, 0.5) is 5.69 Å². The van der Waals surface area contributed by atoms with Crippen LogP contribution in [0.15, 0.2) is 53.0 Å². The van der Waals surface area contributed by atoms with Gasteiger partial charge in [0.05, 0.1) is 11.3 Å². The van der Waals surface area contributed by atoms with Crippen LogP contribution >= 0.6 is 15.9 Å². The number of rotatable bonds is 5. The number of aryl methyl sites for hydroxylation is 1. The monoisotopic (exact) mass is 342 g/mol. The molecule has 2 rings (SSSR count). The Morgan fingerprint density at radius 1 is 1.14 bits per heavy atom. The molecule has 0 heterocycles. The number of anilines is 1. The van der Waals surface area contributed by atoms with Crippen LogP contribution in [0.5, 0.6) is 0 Å². The third-order valence-electron chi connectivity index (χ3n) is 3.46. The molecule has 0 aliphatic heterocycles. The molecule has 0 aliphatic rings. The van der Waals surface area contributed by atoms with Crippen LogP contribution in [0.2, 0.25) is 0 Å². The molecule has 3 heteroatoms. The van der Waals surface area contributed by atoms with Crippen molar-refractivity contribution in [3.8, 4) is 6.07 Å². The van der Waals surface area contributed by atoms with Crippen LogP contribution in [0, 0.1) is 11.3 Å². The number of nitriles is 1. The summed E-state index contributed by atoms with van der Waals surface area (Å²) >= 11 is 3.46. The van der Waals surface area contributed by atoms with Crippen LogP contribution in [-0.2, 0) is 6.42 Å². The van der Waals surface area contributed by atoms with Gasteiger partial charge in [0.2, 0.25) is 0 Å². The Kier molecular flexibility index (Phi) is 5.03. The average molecular weight is 343 g/mol. The largest absolute Gasteiger partial charge is 0.379 e. The fourth-order valence-corrected chi connectivity index (χ4v) is 2.61. The van der Waals surface area contributed by atoms with Gasteiger partial charge in [0, 0.05) is 10.0 Å². The lowest BCUT2D eigenvalue weighted by molar-refractivity contribution is 0.518. The summed E-state index contributed by atoms with van der Waals surface area (Å²) in [6, 6.07) is 18.4. The third kappa shape index (κ3) is 4.61. The minimum absolute atomic E-state index is 0.0811. The van der Waals surface area contributed by atoms with Gasteiger partial charge in [-0.15, -0.1) is 0 Å². The average Bonchev–Trinajstić information content (AvgIpc) is 2.46. The molecule has 0 unspecified atom stereocenters. The number of hydrogen-bond donors (Lipinski definition) is 1. The molecule has 0 saturated carbocycles. The fraction of sp³-hybridized carbons (Fsp3) is 0.278. The van der Waals surface area contributed by atoms with Crippen molar-refractivity contribution in [1.82, 2.24) is 0 Å². The van der Waals surface area contributed by atoms with E-state index in [-0.39, 0.29) is 5.54 Å². The first-order valence-electron chi connectivity index (χ1n) is 7.02. The Labute approximate surface area is 134 Å². The molecule has 0 amide bonds. The van der Waals surface area contributed by atoms with Crippen molar-refractivity contribution in [1.29, 1.82) is 5.26 Å². The van der Waals surface area contributed by atoms with Crippen LogP contribution in [0.3, 0.4) is 0 Å². The molecular formula is C18H19BrN2. The lowest BCUT2D eigenvalue weighted by atomic mass is 9.94. The topological polar surface area (TPSA) is 35.8 Å². The van der Waals surface area contributed by atoms with Crippen molar-refractivity contribution in [2.45, 2.75) is 32.2 Å². The molecule has 0 spiro atoms. The summed E-state index contributed by atoms with van der Waals surface area (Å²) in [4.78, 5) is 0. The van der Waals surface area contributed by atoms with Crippen molar-refractivity contribution >= 4 is 21.6 Å². The number of nitrogens with zero attached hydrogens (tertiary/aromatic N) is 1. The quantitative estimate of drug-likeness (QED) is 0.815. The van der Waals surface area contributed by atoms with Crippen LogP contribution < -0.4 is 5.32 Å². The molecule has 0 fully saturated rings. The van der Waals surface area contributed by atoms with Gasteiger partial charge >= 0.3 is 0 Å². The molecule has 21 heavy (non-hydrogen) atoms. The fourth-order valence-electron chi connectivity index (χ4n) is 2.25. The first-order chi connectivity index (χ1) is 10.00. The minimum Gasteiger partial charge on any atom is -0.379 e. The zero-order valence-corrected chi connectivity index (χ0v) is 13.9. The second kappa shape index (κ2) is 6.78. The molecule has 0 aromatic heterocycles. The van der Waals surface area contributed by atoms with E-state index in [2.05, 4.69) is 65.4 Å². The zero-order valence-electron chi connectivity index (χ0n) is 12.4. The molecule has 0 aliphatic carbocycles. The maximum absolute atomic E-state index is 9.21. The highest BCUT2D eigenvalue weighted by Crippen LogP contribution is 2.26. The van der Waals surface area contributed by atoms with E-state index in [0.717, 1.165) is 23.0 Å². The maximum atomic E-state index is 9.21. The number of hydrogen-bond acceptors (Lipinski definition) is 2. The van der Waals surface area contributed by atoms with Gasteiger partial charge in [-0.2, -0.15) is 5.26 Å². The zero-order chi connectivity index (χ0) is 15.3. The summed E-state index contributed by atoms with van der Waals surface area (Å²) in [6.07, 6.45) is 2.01. The van der Waals surface area contributed by atoms with Crippen molar-refractivity contribution in [3.63, 3.8) is 0 Å². The molecule has 0 atom stereocenters. The second-order valence-electron chi connectivity index (χ2n) is 5.80. The molecule has 1 N–H and O–H groups in total. The maximum Gasteiger partial charge on any atom is 0.101 e. The molecule has 0 radical (unpaired) electrons. The standard InChI is InChI=1S/C18H19BrN2/c1-18(2,11-10-14-6-4-3-5-7-14)21-17-12-16(19)9-8-15(17)13-20/h3-9,12,21H,10-11H2,1-2H3. The number of halogens is 1. The molecule has 0 saturated heterocycles. The van der Waals surface area contributed by atoms with E-state index in [0.29, 0.717) is 5.56 Å². The van der Waals surface area contributed by atoms with E-state index >= 15 is 0 Å². The van der Waals surface area contributed by atoms with Crippen LogP contribution in [0.25, 0.3) is 0 Å². The van der Waals surface area contributed by atoms with E-state index in [4.69, 9.17) is 0 Å². The van der Waals surface area contributed by atoms with Gasteiger partial charge in [0.1, 0.15) is 6.07 Å². The highest BCUT2D eigenvalue weighted by Gasteiger charge is 2.19. The van der Waals surface area contributed by atoms with Gasteiger partial charge in [-0.25, -0.2) is 0 Å². The molecular weight excluding hydrogens is 324 g/mol. The summed E-state index contributed by atoms with van der Waals surface area (Å²) in [5, 5.41) is 12.7. The summed E-state index contributed by atoms with van der Waals surface area (Å²) in [5.41, 5.74) is 2.81. The predicted molar refractivity (Wildman–Crippen MR) is 91.3 cm³/mol. The molecule has 2 aromatic rings. The van der Waals surface area contributed by atoms with Crippen molar-refractivity contribution in [2.24, 2.45) is 0 Å². The highest BCUT2D eigenvalue weighted by atomic mass is 79.9. The Morgan fingerprint density at radius 2 is 1.86 bits per heavy atom. The Hall–Kier alpha value is -1.79. The van der Waals surface area contributed by atoms with Gasteiger partial charge < -0.3 is 5.32 Å². The number of benzene rings is 2. The predicted octanol–water partition coefficient (Wildman–Crippen LogP) is 5.14. The third-order valence-corrected chi connectivity index (χ3v) is 3.95. The van der Waals surface area contributed by atoms with Gasteiger partial charge in [0.25, 0.3) is 0 Å². The van der Waals surface area contributed by atoms with E-state index in [9.17, 15) is 5.26 Å². The van der Waals surface area contributed by atoms with E-state index in [1.165, 1.54) is 5.56 Å². The Balaban J connectivity index is 2.07. The Bertz CT molecular complexity index is 642. The van der Waals surface area contributed by atoms with Gasteiger partial charge in [-0.05, 0) is 50.5 Å². The van der Waals surface area contributed by atoms with E-state index in [1.54, 1.807) is 0 Å². The first-order valence-corrected chi connectivity index (χ1v) is 7.81. The summed E-state index contributed by atoms with van der Waals surface area (Å²) in [5.74, 6) is 0. The SMILES string of the molecule is CC(C)(CCc1ccccc1)Nc1cc(Br)ccc1C#N. The van der Waals surface area contributed by atoms with Crippen LogP contribution in [-0.4, -0.2) is 5.54 Å². The normalized spacial score (nSPS) is 11.0. The first kappa shape index (κ1) is 15.6. The molecule has 2 aromatic carbocycles. The lowest BCUT2D eigenvalue weighted by Gasteiger charge is -2.28. The summed E-state index contributed by atoms with van der Waals surface area (Å²) in [7, 11) is 0. The highest BCUT2D eigenvalue weighted by molar-refractivity contribution is 9.10. The van der Waals surface area contributed by atoms with Gasteiger partial charge in [-0.3, -0.25) is 0 Å². The van der Waals surface area contributed by atoms with Crippen molar-refractivity contribution < 1.29 is 0 Å². The summed E-state index contributed by atoms with van der Waals surface area (Å²) in [6.45, 7) is 4.33. The van der Waals surface area contributed by atoms with Gasteiger partial charge in [0.15, 0.2) is 0 Å². The second-order valence-corrected chi connectivity index (χ2v) is 6.71. The molecule has 2 nitrogen and oxygen atoms in total. The Morgan fingerprint density at radius 3 is 2.52 bits per heavy atom. The van der Waals surface area contributed by atoms with E-state index < -0.39 is 0 Å². The van der Waals surface area contributed by atoms with Crippen molar-refractivity contribution in [2.75, 3.05) is 5.32 Å². The summed E-state index contributed by atoms with van der Waals surface area (Å²) < 4.78 is 0.975. The molecule has 108 valence electrons.